The number of hydrogen-bond donors (Lipinski definition) is 0. The molecule has 0 aromatic rings. The molecule has 0 spiro atoms. The minimum atomic E-state index is -0.401. The summed E-state index contributed by atoms with van der Waals surface area (Å²) in [5.41, 5.74) is 0. The maximum Gasteiger partial charge on any atom is 0.137 e. The van der Waals surface area contributed by atoms with E-state index in [-0.39, 0.29) is 5.92 Å². The molecule has 2 heteroatoms. The van der Waals surface area contributed by atoms with Gasteiger partial charge in [-0.1, -0.05) is 26.7 Å². The summed E-state index contributed by atoms with van der Waals surface area (Å²) in [4.78, 5) is 10.3. The molecule has 0 N–H and O–H groups in total. The summed E-state index contributed by atoms with van der Waals surface area (Å²) in [7, 11) is 0. The molecule has 0 aliphatic heterocycles. The van der Waals surface area contributed by atoms with E-state index < -0.39 is 5.92 Å². The predicted molar refractivity (Wildman–Crippen MR) is 43.9 cm³/mol. The summed E-state index contributed by atoms with van der Waals surface area (Å²) in [6.07, 6.45) is 3.96. The molecular weight excluding hydrogens is 138 g/mol. The van der Waals surface area contributed by atoms with Crippen LogP contribution in [0.1, 0.15) is 33.1 Å². The van der Waals surface area contributed by atoms with Crippen LogP contribution in [0.2, 0.25) is 0 Å². The van der Waals surface area contributed by atoms with Gasteiger partial charge in [-0.15, -0.1) is 0 Å². The molecule has 0 aromatic heterocycles. The lowest BCUT2D eigenvalue weighted by Crippen LogP contribution is -2.10. The first-order valence-corrected chi connectivity index (χ1v) is 4.11. The number of unbranched alkanes of at least 4 members (excludes halogenated alkanes) is 1. The number of aldehydes is 1. The van der Waals surface area contributed by atoms with Gasteiger partial charge in [0.05, 0.1) is 6.07 Å². The Morgan fingerprint density at radius 2 is 2.27 bits per heavy atom. The summed E-state index contributed by atoms with van der Waals surface area (Å²) >= 11 is 0. The summed E-state index contributed by atoms with van der Waals surface area (Å²) in [5, 5.41) is 8.51. The van der Waals surface area contributed by atoms with Crippen molar-refractivity contribution in [1.29, 1.82) is 5.26 Å². The van der Waals surface area contributed by atoms with E-state index in [2.05, 4.69) is 6.92 Å². The first kappa shape index (κ1) is 10.2. The predicted octanol–water partition coefficient (Wildman–Crippen LogP) is 2.15. The van der Waals surface area contributed by atoms with Crippen molar-refractivity contribution in [3.05, 3.63) is 0 Å². The first-order chi connectivity index (χ1) is 5.26. The Labute approximate surface area is 68.2 Å². The van der Waals surface area contributed by atoms with Crippen molar-refractivity contribution in [2.75, 3.05) is 0 Å². The van der Waals surface area contributed by atoms with E-state index in [1.807, 2.05) is 13.0 Å². The Morgan fingerprint density at radius 3 is 2.64 bits per heavy atom. The van der Waals surface area contributed by atoms with Gasteiger partial charge in [0.25, 0.3) is 0 Å². The summed E-state index contributed by atoms with van der Waals surface area (Å²) in [6.45, 7) is 4.06. The lowest BCUT2D eigenvalue weighted by Gasteiger charge is -2.10. The normalized spacial score (nSPS) is 15.0. The van der Waals surface area contributed by atoms with E-state index in [1.54, 1.807) is 0 Å². The van der Waals surface area contributed by atoms with Gasteiger partial charge in [-0.05, 0) is 12.3 Å². The fourth-order valence-corrected chi connectivity index (χ4v) is 0.997. The molecule has 2 nitrogen and oxygen atoms in total. The van der Waals surface area contributed by atoms with Gasteiger partial charge in [0.1, 0.15) is 12.2 Å². The second kappa shape index (κ2) is 5.91. The fraction of sp³-hybridized carbons (Fsp3) is 0.778. The van der Waals surface area contributed by atoms with Crippen LogP contribution in [0.15, 0.2) is 0 Å². The average Bonchev–Trinajstić information content (AvgIpc) is 2.03. The summed E-state index contributed by atoms with van der Waals surface area (Å²) in [5.74, 6) is -0.181. The van der Waals surface area contributed by atoms with Crippen LogP contribution in [0.5, 0.6) is 0 Å². The molecule has 0 heterocycles. The molecule has 0 radical (unpaired) electrons. The van der Waals surface area contributed by atoms with Crippen LogP contribution in [0.3, 0.4) is 0 Å². The largest absolute Gasteiger partial charge is 0.302 e. The van der Waals surface area contributed by atoms with Crippen molar-refractivity contribution in [2.24, 2.45) is 11.8 Å². The SMILES string of the molecule is CCCCC(C)C(C#N)C=O. The highest BCUT2D eigenvalue weighted by Gasteiger charge is 2.14. The highest BCUT2D eigenvalue weighted by molar-refractivity contribution is 5.57. The third-order valence-electron chi connectivity index (χ3n) is 1.92. The molecule has 2 unspecified atom stereocenters. The molecule has 0 aliphatic carbocycles. The zero-order valence-corrected chi connectivity index (χ0v) is 7.21. The van der Waals surface area contributed by atoms with Crippen LogP contribution in [0.4, 0.5) is 0 Å². The van der Waals surface area contributed by atoms with Crippen LogP contribution in [0.25, 0.3) is 0 Å². The number of rotatable bonds is 5. The monoisotopic (exact) mass is 153 g/mol. The van der Waals surface area contributed by atoms with Crippen LogP contribution in [0, 0.1) is 23.2 Å². The number of nitriles is 1. The molecule has 0 bridgehead atoms. The molecule has 0 aromatic carbocycles. The third-order valence-corrected chi connectivity index (χ3v) is 1.92. The molecule has 11 heavy (non-hydrogen) atoms. The van der Waals surface area contributed by atoms with Gasteiger partial charge in [-0.25, -0.2) is 0 Å². The zero-order valence-electron chi connectivity index (χ0n) is 7.21. The molecule has 0 saturated heterocycles. The lowest BCUT2D eigenvalue weighted by atomic mass is 9.92. The van der Waals surface area contributed by atoms with Gasteiger partial charge in [0.15, 0.2) is 0 Å². The molecule has 2 atom stereocenters. The van der Waals surface area contributed by atoms with E-state index >= 15 is 0 Å². The molecule has 0 rings (SSSR count). The van der Waals surface area contributed by atoms with Crippen molar-refractivity contribution >= 4 is 6.29 Å². The maximum atomic E-state index is 10.3. The summed E-state index contributed by atoms with van der Waals surface area (Å²) < 4.78 is 0. The van der Waals surface area contributed by atoms with E-state index in [4.69, 9.17) is 5.26 Å². The Kier molecular flexibility index (Phi) is 5.46. The molecule has 0 saturated carbocycles. The van der Waals surface area contributed by atoms with Gasteiger partial charge in [0, 0.05) is 0 Å². The van der Waals surface area contributed by atoms with Crippen LogP contribution < -0.4 is 0 Å². The van der Waals surface area contributed by atoms with Gasteiger partial charge in [0.2, 0.25) is 0 Å². The number of carbonyl (C=O) groups excluding carboxylic acids is 1. The lowest BCUT2D eigenvalue weighted by molar-refractivity contribution is -0.110. The standard InChI is InChI=1S/C9H15NO/c1-3-4-5-8(2)9(6-10)7-11/h7-9H,3-5H2,1-2H3. The second-order valence-electron chi connectivity index (χ2n) is 2.91. The molecule has 0 fully saturated rings. The van der Waals surface area contributed by atoms with E-state index in [1.165, 1.54) is 0 Å². The molecule has 62 valence electrons. The molecule has 0 amide bonds. The highest BCUT2D eigenvalue weighted by atomic mass is 16.1. The minimum absolute atomic E-state index is 0.220. The maximum absolute atomic E-state index is 10.3. The van der Waals surface area contributed by atoms with Crippen molar-refractivity contribution < 1.29 is 4.79 Å². The Hall–Kier alpha value is -0.840. The quantitative estimate of drug-likeness (QED) is 0.568. The topological polar surface area (TPSA) is 40.9 Å². The van der Waals surface area contributed by atoms with Crippen molar-refractivity contribution in [2.45, 2.75) is 33.1 Å². The fourth-order valence-electron chi connectivity index (χ4n) is 0.997. The van der Waals surface area contributed by atoms with Crippen LogP contribution in [-0.2, 0) is 4.79 Å². The second-order valence-corrected chi connectivity index (χ2v) is 2.91. The number of nitrogens with zero attached hydrogens (tertiary/aromatic N) is 1. The van der Waals surface area contributed by atoms with Gasteiger partial charge in [-0.2, -0.15) is 5.26 Å². The summed E-state index contributed by atoms with van der Waals surface area (Å²) in [6, 6.07) is 1.99. The van der Waals surface area contributed by atoms with E-state index in [9.17, 15) is 4.79 Å². The van der Waals surface area contributed by atoms with Crippen LogP contribution >= 0.6 is 0 Å². The van der Waals surface area contributed by atoms with Gasteiger partial charge in [-0.3, -0.25) is 0 Å². The molecule has 0 aliphatic rings. The average molecular weight is 153 g/mol. The van der Waals surface area contributed by atoms with Crippen LogP contribution in [-0.4, -0.2) is 6.29 Å². The first-order valence-electron chi connectivity index (χ1n) is 4.11. The Morgan fingerprint density at radius 1 is 1.64 bits per heavy atom. The van der Waals surface area contributed by atoms with E-state index in [0.717, 1.165) is 25.5 Å². The molecular formula is C9H15NO. The smallest absolute Gasteiger partial charge is 0.137 e. The van der Waals surface area contributed by atoms with Gasteiger partial charge < -0.3 is 4.79 Å². The van der Waals surface area contributed by atoms with E-state index in [0.29, 0.717) is 0 Å². The van der Waals surface area contributed by atoms with Crippen molar-refractivity contribution in [3.8, 4) is 6.07 Å². The number of carbonyl (C=O) groups is 1. The Balaban J connectivity index is 3.71. The van der Waals surface area contributed by atoms with Crippen molar-refractivity contribution in [1.82, 2.24) is 0 Å². The highest BCUT2D eigenvalue weighted by Crippen LogP contribution is 2.15. The van der Waals surface area contributed by atoms with Crippen molar-refractivity contribution in [3.63, 3.8) is 0 Å². The third kappa shape index (κ3) is 3.77. The minimum Gasteiger partial charge on any atom is -0.302 e. The Bertz CT molecular complexity index is 148. The number of hydrogen-bond acceptors (Lipinski definition) is 2. The van der Waals surface area contributed by atoms with Gasteiger partial charge >= 0.3 is 0 Å². The zero-order chi connectivity index (χ0) is 8.69.